The molecule has 5 nitrogen and oxygen atoms in total. The fourth-order valence-electron chi connectivity index (χ4n) is 1.91. The third-order valence-corrected chi connectivity index (χ3v) is 3.37. The maximum absolute atomic E-state index is 12.0. The number of hydrogen-bond donors (Lipinski definition) is 2. The fraction of sp³-hybridized carbons (Fsp3) is 0.176. The number of nitrogens with one attached hydrogen (secondary N) is 2. The molecule has 0 unspecified atom stereocenters. The topological polar surface area (TPSA) is 61.4 Å². The number of carbonyl (C=O) groups is 2. The standard InChI is InChI=1S/C17H18ClN3O2/c1-12-6-8-14(9-7-12)19-16(22)11-21(2)17(23)20-15-5-3-4-13(18)10-15/h3-10H,11H2,1-2H3,(H,19,22)(H,20,23). The van der Waals surface area contributed by atoms with Gasteiger partial charge < -0.3 is 15.5 Å². The molecule has 2 aromatic rings. The van der Waals surface area contributed by atoms with E-state index in [9.17, 15) is 9.59 Å². The van der Waals surface area contributed by atoms with Gasteiger partial charge in [0.05, 0.1) is 0 Å². The van der Waals surface area contributed by atoms with E-state index in [0.717, 1.165) is 5.56 Å². The number of benzene rings is 2. The molecule has 0 atom stereocenters. The minimum Gasteiger partial charge on any atom is -0.325 e. The van der Waals surface area contributed by atoms with Gasteiger partial charge in [-0.2, -0.15) is 0 Å². The zero-order valence-electron chi connectivity index (χ0n) is 13.0. The van der Waals surface area contributed by atoms with Crippen LogP contribution >= 0.6 is 11.6 Å². The maximum Gasteiger partial charge on any atom is 0.322 e. The van der Waals surface area contributed by atoms with Crippen molar-refractivity contribution in [2.75, 3.05) is 24.2 Å². The summed E-state index contributed by atoms with van der Waals surface area (Å²) in [6, 6.07) is 13.9. The highest BCUT2D eigenvalue weighted by Crippen LogP contribution is 2.15. The predicted octanol–water partition coefficient (Wildman–Crippen LogP) is 3.75. The molecule has 0 aliphatic heterocycles. The maximum atomic E-state index is 12.0. The van der Waals surface area contributed by atoms with Crippen LogP contribution in [0, 0.1) is 6.92 Å². The fourth-order valence-corrected chi connectivity index (χ4v) is 2.10. The molecule has 0 aromatic heterocycles. The van der Waals surface area contributed by atoms with Crippen LogP contribution in [0.3, 0.4) is 0 Å². The number of halogens is 1. The minimum absolute atomic E-state index is 0.0553. The third kappa shape index (κ3) is 5.30. The molecule has 2 rings (SSSR count). The number of nitrogens with zero attached hydrogens (tertiary/aromatic N) is 1. The Labute approximate surface area is 140 Å². The molecule has 3 amide bonds. The Hall–Kier alpha value is -2.53. The van der Waals surface area contributed by atoms with E-state index < -0.39 is 0 Å². The lowest BCUT2D eigenvalue weighted by Crippen LogP contribution is -2.37. The number of likely N-dealkylation sites (N-methyl/N-ethyl adjacent to an activating group) is 1. The van der Waals surface area contributed by atoms with E-state index in [-0.39, 0.29) is 18.5 Å². The van der Waals surface area contributed by atoms with E-state index in [0.29, 0.717) is 16.4 Å². The van der Waals surface area contributed by atoms with Crippen molar-refractivity contribution in [1.29, 1.82) is 0 Å². The molecule has 0 radical (unpaired) electrons. The largest absolute Gasteiger partial charge is 0.325 e. The van der Waals surface area contributed by atoms with Crippen LogP contribution in [0.2, 0.25) is 5.02 Å². The molecule has 0 bridgehead atoms. The number of anilines is 2. The van der Waals surface area contributed by atoms with Gasteiger partial charge in [0.1, 0.15) is 6.54 Å². The van der Waals surface area contributed by atoms with Crippen molar-refractivity contribution in [1.82, 2.24) is 4.90 Å². The van der Waals surface area contributed by atoms with E-state index in [1.807, 2.05) is 31.2 Å². The second-order valence-electron chi connectivity index (χ2n) is 5.21. The van der Waals surface area contributed by atoms with E-state index in [2.05, 4.69) is 10.6 Å². The van der Waals surface area contributed by atoms with Gasteiger partial charge in [0.15, 0.2) is 0 Å². The van der Waals surface area contributed by atoms with Crippen molar-refractivity contribution < 1.29 is 9.59 Å². The summed E-state index contributed by atoms with van der Waals surface area (Å²) in [5.41, 5.74) is 2.39. The van der Waals surface area contributed by atoms with Crippen LogP contribution in [0.25, 0.3) is 0 Å². The summed E-state index contributed by atoms with van der Waals surface area (Å²) in [7, 11) is 1.55. The van der Waals surface area contributed by atoms with Crippen molar-refractivity contribution in [3.8, 4) is 0 Å². The van der Waals surface area contributed by atoms with Gasteiger partial charge in [0, 0.05) is 23.4 Å². The average Bonchev–Trinajstić information content (AvgIpc) is 2.49. The molecule has 6 heteroatoms. The lowest BCUT2D eigenvalue weighted by atomic mass is 10.2. The number of aryl methyl sites for hydroxylation is 1. The first kappa shape index (κ1) is 16.8. The molecule has 0 spiro atoms. The van der Waals surface area contributed by atoms with Crippen molar-refractivity contribution >= 4 is 34.9 Å². The van der Waals surface area contributed by atoms with Gasteiger partial charge in [-0.15, -0.1) is 0 Å². The molecule has 120 valence electrons. The van der Waals surface area contributed by atoms with Gasteiger partial charge in [0.25, 0.3) is 0 Å². The summed E-state index contributed by atoms with van der Waals surface area (Å²) < 4.78 is 0. The molecule has 23 heavy (non-hydrogen) atoms. The molecular formula is C17H18ClN3O2. The number of rotatable bonds is 4. The highest BCUT2D eigenvalue weighted by Gasteiger charge is 2.13. The van der Waals surface area contributed by atoms with Crippen molar-refractivity contribution in [3.63, 3.8) is 0 Å². The molecule has 2 aromatic carbocycles. The highest BCUT2D eigenvalue weighted by molar-refractivity contribution is 6.30. The lowest BCUT2D eigenvalue weighted by molar-refractivity contribution is -0.116. The summed E-state index contributed by atoms with van der Waals surface area (Å²) in [6.45, 7) is 1.92. The summed E-state index contributed by atoms with van der Waals surface area (Å²) in [5, 5.41) is 5.96. The number of hydrogen-bond acceptors (Lipinski definition) is 2. The monoisotopic (exact) mass is 331 g/mol. The van der Waals surface area contributed by atoms with Crippen LogP contribution in [-0.4, -0.2) is 30.4 Å². The second-order valence-corrected chi connectivity index (χ2v) is 5.65. The quantitative estimate of drug-likeness (QED) is 0.896. The second kappa shape index (κ2) is 7.65. The summed E-state index contributed by atoms with van der Waals surface area (Å²) in [5.74, 6) is -0.266. The van der Waals surface area contributed by atoms with Crippen LogP contribution in [0.5, 0.6) is 0 Å². The molecule has 2 N–H and O–H groups in total. The smallest absolute Gasteiger partial charge is 0.322 e. The Morgan fingerprint density at radius 1 is 1.04 bits per heavy atom. The molecular weight excluding hydrogens is 314 g/mol. The summed E-state index contributed by atoms with van der Waals surface area (Å²) in [6.07, 6.45) is 0. The number of urea groups is 1. The first-order valence-corrected chi connectivity index (χ1v) is 7.46. The lowest BCUT2D eigenvalue weighted by Gasteiger charge is -2.17. The van der Waals surface area contributed by atoms with E-state index in [1.54, 1.807) is 31.3 Å². The van der Waals surface area contributed by atoms with Crippen LogP contribution < -0.4 is 10.6 Å². The Balaban J connectivity index is 1.87. The van der Waals surface area contributed by atoms with Gasteiger partial charge in [-0.1, -0.05) is 35.4 Å². The highest BCUT2D eigenvalue weighted by atomic mass is 35.5. The van der Waals surface area contributed by atoms with Crippen molar-refractivity contribution in [2.24, 2.45) is 0 Å². The van der Waals surface area contributed by atoms with Gasteiger partial charge >= 0.3 is 6.03 Å². The first-order valence-electron chi connectivity index (χ1n) is 7.08. The normalized spacial score (nSPS) is 10.0. The zero-order chi connectivity index (χ0) is 16.8. The Morgan fingerprint density at radius 2 is 1.74 bits per heavy atom. The van der Waals surface area contributed by atoms with Gasteiger partial charge in [-0.25, -0.2) is 4.79 Å². The van der Waals surface area contributed by atoms with E-state index in [1.165, 1.54) is 4.90 Å². The molecule has 0 aliphatic rings. The third-order valence-electron chi connectivity index (χ3n) is 3.14. The summed E-state index contributed by atoms with van der Waals surface area (Å²) in [4.78, 5) is 25.3. The molecule has 0 saturated carbocycles. The molecule has 0 saturated heterocycles. The summed E-state index contributed by atoms with van der Waals surface area (Å²) >= 11 is 5.86. The Bertz CT molecular complexity index is 701. The van der Waals surface area contributed by atoms with Crippen molar-refractivity contribution in [2.45, 2.75) is 6.92 Å². The van der Waals surface area contributed by atoms with Gasteiger partial charge in [0.2, 0.25) is 5.91 Å². The molecule has 0 heterocycles. The number of carbonyl (C=O) groups excluding carboxylic acids is 2. The number of amides is 3. The van der Waals surface area contributed by atoms with Crippen LogP contribution in [-0.2, 0) is 4.79 Å². The molecule has 0 aliphatic carbocycles. The van der Waals surface area contributed by atoms with Crippen molar-refractivity contribution in [3.05, 3.63) is 59.1 Å². The Kier molecular flexibility index (Phi) is 5.60. The van der Waals surface area contributed by atoms with Crippen LogP contribution in [0.1, 0.15) is 5.56 Å². The SMILES string of the molecule is Cc1ccc(NC(=O)CN(C)C(=O)Nc2cccc(Cl)c2)cc1. The van der Waals surface area contributed by atoms with Gasteiger partial charge in [-0.3, -0.25) is 4.79 Å². The zero-order valence-corrected chi connectivity index (χ0v) is 13.7. The molecule has 0 fully saturated rings. The first-order chi connectivity index (χ1) is 10.9. The van der Waals surface area contributed by atoms with E-state index >= 15 is 0 Å². The predicted molar refractivity (Wildman–Crippen MR) is 92.9 cm³/mol. The van der Waals surface area contributed by atoms with Gasteiger partial charge in [-0.05, 0) is 37.3 Å². The Morgan fingerprint density at radius 3 is 2.39 bits per heavy atom. The van der Waals surface area contributed by atoms with Crippen LogP contribution in [0.15, 0.2) is 48.5 Å². The van der Waals surface area contributed by atoms with E-state index in [4.69, 9.17) is 11.6 Å². The minimum atomic E-state index is -0.383. The average molecular weight is 332 g/mol. The van der Waals surface area contributed by atoms with Crippen LogP contribution in [0.4, 0.5) is 16.2 Å².